The third kappa shape index (κ3) is 4.14. The number of hydrogen-bond donors (Lipinski definition) is 1. The highest BCUT2D eigenvalue weighted by molar-refractivity contribution is 7.80. The van der Waals surface area contributed by atoms with E-state index in [9.17, 15) is 4.39 Å². The van der Waals surface area contributed by atoms with Crippen LogP contribution in [-0.4, -0.2) is 11.6 Å². The quantitative estimate of drug-likeness (QED) is 0.778. The van der Waals surface area contributed by atoms with E-state index < -0.39 is 0 Å². The van der Waals surface area contributed by atoms with Crippen molar-refractivity contribution < 1.29 is 9.13 Å². The highest BCUT2D eigenvalue weighted by atomic mass is 32.1. The summed E-state index contributed by atoms with van der Waals surface area (Å²) in [5.74, 6) is 0.501. The lowest BCUT2D eigenvalue weighted by Gasteiger charge is -2.09. The number of hydrogen-bond acceptors (Lipinski definition) is 2. The van der Waals surface area contributed by atoms with Gasteiger partial charge in [-0.1, -0.05) is 12.2 Å². The second-order valence-corrected chi connectivity index (χ2v) is 4.03. The van der Waals surface area contributed by atoms with Crippen LogP contribution in [0.25, 0.3) is 0 Å². The van der Waals surface area contributed by atoms with Crippen LogP contribution in [0.2, 0.25) is 0 Å². The number of aryl methyl sites for hydroxylation is 1. The van der Waals surface area contributed by atoms with Crippen LogP contribution in [0.5, 0.6) is 5.75 Å². The van der Waals surface area contributed by atoms with Gasteiger partial charge in [0.05, 0.1) is 11.6 Å². The minimum atomic E-state index is -0.242. The SMILES string of the molecule is CCOc1ccc(F)cc1CCCC(N)=S. The van der Waals surface area contributed by atoms with E-state index in [1.54, 1.807) is 6.07 Å². The van der Waals surface area contributed by atoms with Crippen LogP contribution in [0, 0.1) is 5.82 Å². The molecule has 0 atom stereocenters. The molecule has 0 saturated carbocycles. The summed E-state index contributed by atoms with van der Waals surface area (Å²) >= 11 is 4.79. The molecule has 2 nitrogen and oxygen atoms in total. The molecule has 0 bridgehead atoms. The number of benzene rings is 1. The summed E-state index contributed by atoms with van der Waals surface area (Å²) in [6.45, 7) is 2.48. The topological polar surface area (TPSA) is 35.2 Å². The first-order chi connectivity index (χ1) is 7.63. The first-order valence-corrected chi connectivity index (χ1v) is 5.74. The molecule has 1 rings (SSSR count). The molecule has 0 aliphatic rings. The zero-order valence-corrected chi connectivity index (χ0v) is 10.1. The average Bonchev–Trinajstić information content (AvgIpc) is 2.21. The summed E-state index contributed by atoms with van der Waals surface area (Å²) in [5.41, 5.74) is 6.28. The lowest BCUT2D eigenvalue weighted by Crippen LogP contribution is -2.07. The van der Waals surface area contributed by atoms with Crippen molar-refractivity contribution in [1.82, 2.24) is 0 Å². The van der Waals surface area contributed by atoms with Crippen molar-refractivity contribution >= 4 is 17.2 Å². The first kappa shape index (κ1) is 12.9. The summed E-state index contributed by atoms with van der Waals surface area (Å²) in [5, 5.41) is 0. The van der Waals surface area contributed by atoms with Gasteiger partial charge in [-0.3, -0.25) is 0 Å². The standard InChI is InChI=1S/C12H16FNOS/c1-2-15-11-7-6-10(13)8-9(11)4-3-5-12(14)16/h6-8H,2-5H2,1H3,(H2,14,16). The second-order valence-electron chi connectivity index (χ2n) is 3.50. The number of thiocarbonyl (C=S) groups is 1. The predicted molar refractivity (Wildman–Crippen MR) is 67.3 cm³/mol. The maximum absolute atomic E-state index is 13.1. The van der Waals surface area contributed by atoms with E-state index in [-0.39, 0.29) is 5.82 Å². The van der Waals surface area contributed by atoms with Crippen molar-refractivity contribution in [2.75, 3.05) is 6.61 Å². The Morgan fingerprint density at radius 2 is 2.25 bits per heavy atom. The Balaban J connectivity index is 2.67. The number of rotatable bonds is 6. The first-order valence-electron chi connectivity index (χ1n) is 5.33. The Labute approximate surface area is 101 Å². The van der Waals surface area contributed by atoms with Gasteiger partial charge in [0.15, 0.2) is 0 Å². The van der Waals surface area contributed by atoms with Crippen LogP contribution in [0.4, 0.5) is 4.39 Å². The van der Waals surface area contributed by atoms with Gasteiger partial charge in [-0.05, 0) is 49.9 Å². The zero-order chi connectivity index (χ0) is 12.0. The molecule has 0 aliphatic carbocycles. The van der Waals surface area contributed by atoms with Crippen LogP contribution in [0.1, 0.15) is 25.3 Å². The summed E-state index contributed by atoms with van der Waals surface area (Å²) in [4.78, 5) is 0.495. The lowest BCUT2D eigenvalue weighted by molar-refractivity contribution is 0.335. The van der Waals surface area contributed by atoms with Gasteiger partial charge in [0, 0.05) is 0 Å². The smallest absolute Gasteiger partial charge is 0.123 e. The molecule has 0 heterocycles. The fraction of sp³-hybridized carbons (Fsp3) is 0.417. The Bertz CT molecular complexity index is 368. The summed E-state index contributed by atoms with van der Waals surface area (Å²) in [7, 11) is 0. The van der Waals surface area contributed by atoms with Gasteiger partial charge >= 0.3 is 0 Å². The van der Waals surface area contributed by atoms with E-state index in [1.807, 2.05) is 6.92 Å². The molecular formula is C12H16FNOS. The summed E-state index contributed by atoms with van der Waals surface area (Å²) in [6.07, 6.45) is 2.22. The van der Waals surface area contributed by atoms with Crippen LogP contribution in [0.15, 0.2) is 18.2 Å². The molecule has 0 aliphatic heterocycles. The van der Waals surface area contributed by atoms with Gasteiger partial charge in [0.25, 0.3) is 0 Å². The normalized spacial score (nSPS) is 10.1. The van der Waals surface area contributed by atoms with E-state index >= 15 is 0 Å². The van der Waals surface area contributed by atoms with Gasteiger partial charge in [-0.2, -0.15) is 0 Å². The van der Waals surface area contributed by atoms with E-state index in [2.05, 4.69) is 0 Å². The molecule has 0 fully saturated rings. The molecule has 4 heteroatoms. The van der Waals surface area contributed by atoms with E-state index in [0.29, 0.717) is 18.0 Å². The van der Waals surface area contributed by atoms with Gasteiger partial charge in [-0.25, -0.2) is 4.39 Å². The van der Waals surface area contributed by atoms with Crippen LogP contribution in [0.3, 0.4) is 0 Å². The third-order valence-electron chi connectivity index (χ3n) is 2.19. The minimum Gasteiger partial charge on any atom is -0.494 e. The molecule has 0 aromatic heterocycles. The largest absolute Gasteiger partial charge is 0.494 e. The van der Waals surface area contributed by atoms with E-state index in [4.69, 9.17) is 22.7 Å². The van der Waals surface area contributed by atoms with E-state index in [0.717, 1.165) is 24.2 Å². The van der Waals surface area contributed by atoms with Crippen LogP contribution < -0.4 is 10.5 Å². The highest BCUT2D eigenvalue weighted by Gasteiger charge is 2.05. The zero-order valence-electron chi connectivity index (χ0n) is 9.33. The molecule has 1 aromatic rings. The molecule has 2 N–H and O–H groups in total. The maximum atomic E-state index is 13.1. The molecule has 0 unspecified atom stereocenters. The molecule has 0 amide bonds. The van der Waals surface area contributed by atoms with Crippen molar-refractivity contribution in [3.05, 3.63) is 29.6 Å². The Morgan fingerprint density at radius 1 is 1.50 bits per heavy atom. The molecular weight excluding hydrogens is 225 g/mol. The number of nitrogens with two attached hydrogens (primary N) is 1. The highest BCUT2D eigenvalue weighted by Crippen LogP contribution is 2.21. The average molecular weight is 241 g/mol. The van der Waals surface area contributed by atoms with Crippen molar-refractivity contribution in [3.63, 3.8) is 0 Å². The molecule has 0 spiro atoms. The van der Waals surface area contributed by atoms with Crippen molar-refractivity contribution in [1.29, 1.82) is 0 Å². The summed E-state index contributed by atoms with van der Waals surface area (Å²) < 4.78 is 18.5. The third-order valence-corrected chi connectivity index (χ3v) is 2.40. The van der Waals surface area contributed by atoms with Crippen LogP contribution >= 0.6 is 12.2 Å². The van der Waals surface area contributed by atoms with Gasteiger partial charge < -0.3 is 10.5 Å². The van der Waals surface area contributed by atoms with Crippen molar-refractivity contribution in [2.24, 2.45) is 5.73 Å². The fourth-order valence-corrected chi connectivity index (χ4v) is 1.64. The van der Waals surface area contributed by atoms with Crippen LogP contribution in [-0.2, 0) is 6.42 Å². The number of halogens is 1. The molecule has 16 heavy (non-hydrogen) atoms. The summed E-state index contributed by atoms with van der Waals surface area (Å²) in [6, 6.07) is 4.57. The van der Waals surface area contributed by atoms with Gasteiger partial charge in [0.1, 0.15) is 11.6 Å². The predicted octanol–water partition coefficient (Wildman–Crippen LogP) is 2.83. The Hall–Kier alpha value is -1.16. The molecule has 88 valence electrons. The fourth-order valence-electron chi connectivity index (χ4n) is 1.49. The Morgan fingerprint density at radius 3 is 2.88 bits per heavy atom. The molecule has 0 radical (unpaired) electrons. The second kappa shape index (κ2) is 6.43. The van der Waals surface area contributed by atoms with Crippen molar-refractivity contribution in [2.45, 2.75) is 26.2 Å². The van der Waals surface area contributed by atoms with Gasteiger partial charge in [0.2, 0.25) is 0 Å². The molecule has 1 aromatic carbocycles. The minimum absolute atomic E-state index is 0.242. The van der Waals surface area contributed by atoms with E-state index in [1.165, 1.54) is 12.1 Å². The number of ether oxygens (including phenoxy) is 1. The Kier molecular flexibility index (Phi) is 5.19. The lowest BCUT2D eigenvalue weighted by atomic mass is 10.1. The van der Waals surface area contributed by atoms with Crippen molar-refractivity contribution in [3.8, 4) is 5.75 Å². The van der Waals surface area contributed by atoms with Gasteiger partial charge in [-0.15, -0.1) is 0 Å². The molecule has 0 saturated heterocycles. The maximum Gasteiger partial charge on any atom is 0.123 e. The monoisotopic (exact) mass is 241 g/mol.